The fourth-order valence-electron chi connectivity index (χ4n) is 4.13. The van der Waals surface area contributed by atoms with E-state index in [1.165, 1.54) is 0 Å². The molecule has 164 valence electrons. The highest BCUT2D eigenvalue weighted by Gasteiger charge is 2.25. The van der Waals surface area contributed by atoms with Crippen molar-refractivity contribution in [3.05, 3.63) is 133 Å². The second-order valence-electron chi connectivity index (χ2n) is 8.06. The molecule has 0 radical (unpaired) electrons. The van der Waals surface area contributed by atoms with E-state index in [2.05, 4.69) is 47.9 Å². The summed E-state index contributed by atoms with van der Waals surface area (Å²) in [6.45, 7) is 2.08. The normalized spacial score (nSPS) is 13.0. The van der Waals surface area contributed by atoms with E-state index in [9.17, 15) is 0 Å². The monoisotopic (exact) mass is 434 g/mol. The van der Waals surface area contributed by atoms with Crippen molar-refractivity contribution in [2.24, 2.45) is 0 Å². The zero-order chi connectivity index (χ0) is 22.5. The van der Waals surface area contributed by atoms with Crippen molar-refractivity contribution in [2.45, 2.75) is 25.6 Å². The number of aromatic nitrogens is 2. The summed E-state index contributed by atoms with van der Waals surface area (Å²) in [5.74, 6) is 1.80. The number of ether oxygens (including phenoxy) is 1. The van der Waals surface area contributed by atoms with Crippen LogP contribution in [0.5, 0.6) is 0 Å². The first-order valence-electron chi connectivity index (χ1n) is 11.2. The number of hydrogen-bond donors (Lipinski definition) is 0. The molecule has 0 aliphatic carbocycles. The van der Waals surface area contributed by atoms with Crippen LogP contribution in [0.3, 0.4) is 0 Å². The molecule has 2 atom stereocenters. The topological polar surface area (TPSA) is 40.2 Å². The van der Waals surface area contributed by atoms with Crippen LogP contribution in [0, 0.1) is 0 Å². The lowest BCUT2D eigenvalue weighted by molar-refractivity contribution is 0.0142. The number of para-hydroxylation sites is 1. The Bertz CT molecular complexity index is 1260. The zero-order valence-corrected chi connectivity index (χ0v) is 18.5. The van der Waals surface area contributed by atoms with Crippen LogP contribution < -0.4 is 0 Å². The summed E-state index contributed by atoms with van der Waals surface area (Å²) >= 11 is 0. The van der Waals surface area contributed by atoms with Gasteiger partial charge in [0.2, 0.25) is 0 Å². The van der Waals surface area contributed by atoms with E-state index in [0.29, 0.717) is 6.42 Å². The number of nitrogens with zero attached hydrogens (tertiary/aromatic N) is 2. The lowest BCUT2D eigenvalue weighted by Gasteiger charge is -2.24. The predicted octanol–water partition coefficient (Wildman–Crippen LogP) is 6.87. The van der Waals surface area contributed by atoms with Gasteiger partial charge in [0.05, 0.1) is 24.3 Å². The first kappa shape index (κ1) is 21.0. The molecule has 0 saturated carbocycles. The summed E-state index contributed by atoms with van der Waals surface area (Å²) in [5, 5.41) is 0. The molecular formula is C29H26N2O2. The van der Waals surface area contributed by atoms with Crippen LogP contribution in [0.15, 0.2) is 120 Å². The summed E-state index contributed by atoms with van der Waals surface area (Å²) < 4.78 is 14.4. The van der Waals surface area contributed by atoms with Gasteiger partial charge in [0.25, 0.3) is 0 Å². The summed E-state index contributed by atoms with van der Waals surface area (Å²) in [6, 6.07) is 34.8. The molecule has 4 heteroatoms. The van der Waals surface area contributed by atoms with Crippen LogP contribution in [-0.4, -0.2) is 15.7 Å². The van der Waals surface area contributed by atoms with E-state index < -0.39 is 0 Å². The Morgan fingerprint density at radius 1 is 0.818 bits per heavy atom. The first-order valence-corrected chi connectivity index (χ1v) is 11.2. The molecule has 0 N–H and O–H groups in total. The van der Waals surface area contributed by atoms with Crippen molar-refractivity contribution in [3.63, 3.8) is 0 Å². The van der Waals surface area contributed by atoms with E-state index in [1.807, 2.05) is 72.9 Å². The van der Waals surface area contributed by atoms with Crippen molar-refractivity contribution >= 4 is 0 Å². The molecule has 4 nitrogen and oxygen atoms in total. The van der Waals surface area contributed by atoms with Crippen LogP contribution in [-0.2, 0) is 11.2 Å². The minimum atomic E-state index is -0.290. The molecule has 5 aromatic rings. The van der Waals surface area contributed by atoms with Gasteiger partial charge in [-0.25, -0.2) is 4.98 Å². The molecular weight excluding hydrogens is 408 g/mol. The Balaban J connectivity index is 1.61. The quantitative estimate of drug-likeness (QED) is 0.268. The van der Waals surface area contributed by atoms with E-state index in [-0.39, 0.29) is 12.2 Å². The standard InChI is InChI=1S/C29H26N2O2/c1-22(20-26-18-11-19-32-26)33-28(23-12-5-2-6-13-23)27-21-30-29(24-14-7-3-8-15-24)31(27)25-16-9-4-10-17-25/h2-19,21-22,28H,20H2,1H3. The predicted molar refractivity (Wildman–Crippen MR) is 130 cm³/mol. The second kappa shape index (κ2) is 9.72. The SMILES string of the molecule is CC(Cc1ccco1)OC(c1ccccc1)c1cnc(-c2ccccc2)n1-c1ccccc1. The van der Waals surface area contributed by atoms with Crippen molar-refractivity contribution in [1.29, 1.82) is 0 Å². The van der Waals surface area contributed by atoms with Gasteiger partial charge in [-0.05, 0) is 36.8 Å². The maximum absolute atomic E-state index is 6.69. The summed E-state index contributed by atoms with van der Waals surface area (Å²) in [5.41, 5.74) is 4.17. The minimum Gasteiger partial charge on any atom is -0.469 e. The highest BCUT2D eigenvalue weighted by Crippen LogP contribution is 2.33. The van der Waals surface area contributed by atoms with Crippen LogP contribution in [0.4, 0.5) is 0 Å². The molecule has 0 saturated heterocycles. The van der Waals surface area contributed by atoms with Crippen molar-refractivity contribution in [3.8, 4) is 17.1 Å². The molecule has 0 fully saturated rings. The maximum atomic E-state index is 6.69. The summed E-state index contributed by atoms with van der Waals surface area (Å²) in [7, 11) is 0. The Kier molecular flexibility index (Phi) is 6.18. The lowest BCUT2D eigenvalue weighted by Crippen LogP contribution is -2.19. The Morgan fingerprint density at radius 2 is 1.48 bits per heavy atom. The van der Waals surface area contributed by atoms with Crippen LogP contribution in [0.2, 0.25) is 0 Å². The maximum Gasteiger partial charge on any atom is 0.144 e. The minimum absolute atomic E-state index is 0.0549. The average Bonchev–Trinajstić information content (AvgIpc) is 3.54. The molecule has 2 heterocycles. The molecule has 0 amide bonds. The number of hydrogen-bond acceptors (Lipinski definition) is 3. The Morgan fingerprint density at radius 3 is 2.15 bits per heavy atom. The number of rotatable bonds is 8. The molecule has 2 unspecified atom stereocenters. The third kappa shape index (κ3) is 4.66. The smallest absolute Gasteiger partial charge is 0.144 e. The third-order valence-electron chi connectivity index (χ3n) is 5.64. The van der Waals surface area contributed by atoms with Crippen molar-refractivity contribution < 1.29 is 9.15 Å². The van der Waals surface area contributed by atoms with Crippen LogP contribution in [0.1, 0.15) is 30.0 Å². The second-order valence-corrected chi connectivity index (χ2v) is 8.06. The van der Waals surface area contributed by atoms with Crippen molar-refractivity contribution in [2.75, 3.05) is 0 Å². The first-order chi connectivity index (χ1) is 16.3. The molecule has 3 aromatic carbocycles. The van der Waals surface area contributed by atoms with Crippen molar-refractivity contribution in [1.82, 2.24) is 9.55 Å². The summed E-state index contributed by atoms with van der Waals surface area (Å²) in [6.07, 6.45) is 3.99. The van der Waals surface area contributed by atoms with Crippen LogP contribution >= 0.6 is 0 Å². The van der Waals surface area contributed by atoms with Gasteiger partial charge in [-0.15, -0.1) is 0 Å². The van der Waals surface area contributed by atoms with Gasteiger partial charge < -0.3 is 9.15 Å². The average molecular weight is 435 g/mol. The summed E-state index contributed by atoms with van der Waals surface area (Å²) in [4.78, 5) is 4.86. The third-order valence-corrected chi connectivity index (χ3v) is 5.64. The number of benzene rings is 3. The molecule has 0 spiro atoms. The van der Waals surface area contributed by atoms with Gasteiger partial charge in [-0.1, -0.05) is 78.9 Å². The van der Waals surface area contributed by atoms with Gasteiger partial charge in [0, 0.05) is 17.7 Å². The fourth-order valence-corrected chi connectivity index (χ4v) is 4.13. The van der Waals surface area contributed by atoms with E-state index in [0.717, 1.165) is 34.1 Å². The van der Waals surface area contributed by atoms with Crippen LogP contribution in [0.25, 0.3) is 17.1 Å². The zero-order valence-electron chi connectivity index (χ0n) is 18.5. The Labute approximate surface area is 194 Å². The van der Waals surface area contributed by atoms with Gasteiger partial charge in [0.1, 0.15) is 17.7 Å². The highest BCUT2D eigenvalue weighted by molar-refractivity contribution is 5.60. The highest BCUT2D eigenvalue weighted by atomic mass is 16.5. The molecule has 0 aliphatic rings. The van der Waals surface area contributed by atoms with E-state index >= 15 is 0 Å². The lowest BCUT2D eigenvalue weighted by atomic mass is 10.1. The van der Waals surface area contributed by atoms with E-state index in [4.69, 9.17) is 14.1 Å². The van der Waals surface area contributed by atoms with Gasteiger partial charge in [0.15, 0.2) is 0 Å². The number of furan rings is 1. The molecule has 5 rings (SSSR count). The van der Waals surface area contributed by atoms with Gasteiger partial charge >= 0.3 is 0 Å². The largest absolute Gasteiger partial charge is 0.469 e. The van der Waals surface area contributed by atoms with E-state index in [1.54, 1.807) is 6.26 Å². The molecule has 2 aromatic heterocycles. The Hall–Kier alpha value is -3.89. The van der Waals surface area contributed by atoms with Gasteiger partial charge in [-0.2, -0.15) is 0 Å². The molecule has 0 aliphatic heterocycles. The number of imidazole rings is 1. The molecule has 0 bridgehead atoms. The fraction of sp³-hybridized carbons (Fsp3) is 0.138. The molecule has 33 heavy (non-hydrogen) atoms. The van der Waals surface area contributed by atoms with Gasteiger partial charge in [-0.3, -0.25) is 4.57 Å².